The van der Waals surface area contributed by atoms with Crippen LogP contribution >= 0.6 is 0 Å². The fraction of sp³-hybridized carbons (Fsp3) is 0.615. The van der Waals surface area contributed by atoms with Crippen LogP contribution in [0, 0.1) is 5.92 Å². The van der Waals surface area contributed by atoms with E-state index in [0.29, 0.717) is 11.8 Å². The van der Waals surface area contributed by atoms with Crippen molar-refractivity contribution in [2.75, 3.05) is 6.54 Å². The van der Waals surface area contributed by atoms with Gasteiger partial charge in [-0.05, 0) is 51.5 Å². The third-order valence-corrected chi connectivity index (χ3v) is 6.42. The monoisotopic (exact) mass is 383 g/mol. The molecular formula is C26H41NO. The lowest BCUT2D eigenvalue weighted by atomic mass is 9.77. The first-order chi connectivity index (χ1) is 13.1. The minimum absolute atomic E-state index is 0.0817. The Morgan fingerprint density at radius 2 is 1.75 bits per heavy atom. The van der Waals surface area contributed by atoms with Gasteiger partial charge in [-0.1, -0.05) is 56.8 Å². The third-order valence-electron chi connectivity index (χ3n) is 6.42. The van der Waals surface area contributed by atoms with Gasteiger partial charge in [0.15, 0.2) is 0 Å². The molecule has 0 amide bonds. The summed E-state index contributed by atoms with van der Waals surface area (Å²) < 4.78 is 6.37. The van der Waals surface area contributed by atoms with Gasteiger partial charge in [-0.25, -0.2) is 0 Å². The number of ether oxygens (including phenoxy) is 1. The van der Waals surface area contributed by atoms with Gasteiger partial charge in [0.2, 0.25) is 0 Å². The molecule has 28 heavy (non-hydrogen) atoms. The van der Waals surface area contributed by atoms with Crippen molar-refractivity contribution in [1.29, 1.82) is 0 Å². The first kappa shape index (κ1) is 22.7. The molecule has 1 aromatic carbocycles. The molecule has 2 unspecified atom stereocenters. The Balaban J connectivity index is 2.06. The van der Waals surface area contributed by atoms with E-state index < -0.39 is 0 Å². The zero-order chi connectivity index (χ0) is 20.9. The molecule has 2 heteroatoms. The van der Waals surface area contributed by atoms with Gasteiger partial charge in [-0.2, -0.15) is 0 Å². The topological polar surface area (TPSA) is 12.5 Å². The van der Waals surface area contributed by atoms with Gasteiger partial charge in [0.05, 0.1) is 5.76 Å². The average molecular weight is 384 g/mol. The number of piperidine rings is 1. The van der Waals surface area contributed by atoms with Crippen molar-refractivity contribution in [1.82, 2.24) is 4.90 Å². The molecule has 0 N–H and O–H groups in total. The highest BCUT2D eigenvalue weighted by atomic mass is 16.5. The number of hydrogen-bond donors (Lipinski definition) is 0. The Morgan fingerprint density at radius 1 is 1.18 bits per heavy atom. The van der Waals surface area contributed by atoms with Crippen LogP contribution in [0.2, 0.25) is 0 Å². The number of benzene rings is 1. The van der Waals surface area contributed by atoms with E-state index in [2.05, 4.69) is 89.9 Å². The Morgan fingerprint density at radius 3 is 2.25 bits per heavy atom. The van der Waals surface area contributed by atoms with Crippen molar-refractivity contribution in [3.05, 3.63) is 60.9 Å². The zero-order valence-corrected chi connectivity index (χ0v) is 19.0. The number of rotatable bonds is 9. The second kappa shape index (κ2) is 9.31. The Hall–Kier alpha value is -1.54. The van der Waals surface area contributed by atoms with Crippen molar-refractivity contribution in [3.63, 3.8) is 0 Å². The maximum absolute atomic E-state index is 6.37. The van der Waals surface area contributed by atoms with E-state index in [9.17, 15) is 0 Å². The molecule has 2 atom stereocenters. The molecule has 1 fully saturated rings. The maximum atomic E-state index is 6.37. The number of allylic oxidation sites excluding steroid dienone is 2. The highest BCUT2D eigenvalue weighted by molar-refractivity contribution is 5.20. The Labute approximate surface area is 173 Å². The maximum Gasteiger partial charge on any atom is 0.102 e. The lowest BCUT2D eigenvalue weighted by Crippen LogP contribution is -2.62. The molecule has 1 saturated heterocycles. The van der Waals surface area contributed by atoms with Crippen LogP contribution in [0.1, 0.15) is 78.7 Å². The van der Waals surface area contributed by atoms with Crippen molar-refractivity contribution in [2.45, 2.75) is 90.3 Å². The quantitative estimate of drug-likeness (QED) is 0.338. The smallest absolute Gasteiger partial charge is 0.102 e. The average Bonchev–Trinajstić information content (AvgIpc) is 2.62. The van der Waals surface area contributed by atoms with Crippen molar-refractivity contribution < 1.29 is 4.74 Å². The number of nitrogens with zero attached hydrogens (tertiary/aromatic N) is 1. The normalized spacial score (nSPS) is 21.6. The van der Waals surface area contributed by atoms with Gasteiger partial charge < -0.3 is 4.74 Å². The van der Waals surface area contributed by atoms with Crippen LogP contribution in [0.3, 0.4) is 0 Å². The fourth-order valence-electron chi connectivity index (χ4n) is 4.94. The number of hydrogen-bond acceptors (Lipinski definition) is 2. The summed E-state index contributed by atoms with van der Waals surface area (Å²) in [6, 6.07) is 10.9. The second-order valence-electron chi connectivity index (χ2n) is 9.84. The molecule has 0 bridgehead atoms. The van der Waals surface area contributed by atoms with Gasteiger partial charge in [0, 0.05) is 36.9 Å². The molecule has 1 aromatic rings. The SMILES string of the molecule is C=CC(CC)CC(=C)OC1CC(C)(C)N(CC(C)c2ccccc2)C(C)(C)C1. The predicted molar refractivity (Wildman–Crippen MR) is 122 cm³/mol. The van der Waals surface area contributed by atoms with Crippen LogP contribution in [0.25, 0.3) is 0 Å². The predicted octanol–water partition coefficient (Wildman–Crippen LogP) is 6.94. The minimum Gasteiger partial charge on any atom is -0.495 e. The fourth-order valence-corrected chi connectivity index (χ4v) is 4.94. The van der Waals surface area contributed by atoms with Crippen LogP contribution < -0.4 is 0 Å². The molecule has 0 radical (unpaired) electrons. The second-order valence-corrected chi connectivity index (χ2v) is 9.84. The van der Waals surface area contributed by atoms with E-state index in [0.717, 1.165) is 38.0 Å². The molecule has 1 heterocycles. The van der Waals surface area contributed by atoms with E-state index in [1.165, 1.54) is 5.56 Å². The molecule has 2 nitrogen and oxygen atoms in total. The summed E-state index contributed by atoms with van der Waals surface area (Å²) in [5.41, 5.74) is 1.58. The van der Waals surface area contributed by atoms with Gasteiger partial charge in [0.25, 0.3) is 0 Å². The van der Waals surface area contributed by atoms with E-state index in [-0.39, 0.29) is 17.2 Å². The van der Waals surface area contributed by atoms with Crippen LogP contribution in [-0.4, -0.2) is 28.6 Å². The summed E-state index contributed by atoms with van der Waals surface area (Å²) in [7, 11) is 0. The standard InChI is InChI=1S/C26H41NO/c1-9-22(10-2)16-21(4)28-24-17-25(5,6)27(26(7,8)18-24)19-20(3)23-14-12-11-13-15-23/h9,11-15,20,22,24H,1,4,10,16-19H2,2-3,5-8H3. The molecule has 0 aromatic heterocycles. The molecule has 0 saturated carbocycles. The Kier molecular flexibility index (Phi) is 7.56. The highest BCUT2D eigenvalue weighted by Gasteiger charge is 2.46. The third kappa shape index (κ3) is 5.73. The minimum atomic E-state index is 0.0817. The summed E-state index contributed by atoms with van der Waals surface area (Å²) in [4.78, 5) is 2.69. The van der Waals surface area contributed by atoms with Crippen LogP contribution in [-0.2, 0) is 4.74 Å². The van der Waals surface area contributed by atoms with Crippen LogP contribution in [0.15, 0.2) is 55.3 Å². The summed E-state index contributed by atoms with van der Waals surface area (Å²) in [5.74, 6) is 1.87. The van der Waals surface area contributed by atoms with Crippen LogP contribution in [0.4, 0.5) is 0 Å². The van der Waals surface area contributed by atoms with Gasteiger partial charge >= 0.3 is 0 Å². The van der Waals surface area contributed by atoms with Crippen molar-refractivity contribution in [2.24, 2.45) is 5.92 Å². The largest absolute Gasteiger partial charge is 0.495 e. The van der Waals surface area contributed by atoms with Crippen LogP contribution in [0.5, 0.6) is 0 Å². The van der Waals surface area contributed by atoms with Crippen molar-refractivity contribution in [3.8, 4) is 0 Å². The van der Waals surface area contributed by atoms with E-state index in [1.54, 1.807) is 0 Å². The molecule has 156 valence electrons. The molecule has 1 aliphatic heterocycles. The molecule has 1 aliphatic rings. The molecular weight excluding hydrogens is 342 g/mol. The summed E-state index contributed by atoms with van der Waals surface area (Å²) in [5, 5.41) is 0. The van der Waals surface area contributed by atoms with Gasteiger partial charge in [-0.15, -0.1) is 6.58 Å². The molecule has 2 rings (SSSR count). The summed E-state index contributed by atoms with van der Waals surface area (Å²) >= 11 is 0. The van der Waals surface area contributed by atoms with E-state index in [1.807, 2.05) is 6.08 Å². The van der Waals surface area contributed by atoms with E-state index >= 15 is 0 Å². The zero-order valence-electron chi connectivity index (χ0n) is 19.0. The first-order valence-corrected chi connectivity index (χ1v) is 10.9. The molecule has 0 aliphatic carbocycles. The lowest BCUT2D eigenvalue weighted by Gasteiger charge is -2.56. The first-order valence-electron chi connectivity index (χ1n) is 10.9. The van der Waals surface area contributed by atoms with Crippen molar-refractivity contribution >= 4 is 0 Å². The molecule has 0 spiro atoms. The van der Waals surface area contributed by atoms with Gasteiger partial charge in [-0.3, -0.25) is 4.90 Å². The summed E-state index contributed by atoms with van der Waals surface area (Å²) in [6.07, 6.45) is 6.27. The van der Waals surface area contributed by atoms with E-state index in [4.69, 9.17) is 4.74 Å². The summed E-state index contributed by atoms with van der Waals surface area (Å²) in [6.45, 7) is 23.2. The van der Waals surface area contributed by atoms with Gasteiger partial charge in [0.1, 0.15) is 6.10 Å². The number of likely N-dealkylation sites (tertiary alicyclic amines) is 1. The lowest BCUT2D eigenvalue weighted by molar-refractivity contribution is -0.0921. The highest BCUT2D eigenvalue weighted by Crippen LogP contribution is 2.41. The Bertz CT molecular complexity index is 628.